The van der Waals surface area contributed by atoms with Gasteiger partial charge in [0, 0.05) is 6.54 Å². The van der Waals surface area contributed by atoms with E-state index in [0.29, 0.717) is 0 Å². The van der Waals surface area contributed by atoms with E-state index in [-0.39, 0.29) is 12.5 Å². The number of aliphatic hydroxyl groups is 1. The molecular weight excluding hydrogens is 249 g/mol. The second-order valence-corrected chi connectivity index (χ2v) is 3.94. The lowest BCUT2D eigenvalue weighted by atomic mass is 10.1. The molecular formula is C11H15F3N2O2. The molecule has 0 saturated heterocycles. The number of amides is 1. The minimum atomic E-state index is -5.10. The third-order valence-electron chi connectivity index (χ3n) is 2.24. The van der Waals surface area contributed by atoms with E-state index >= 15 is 0 Å². The minimum absolute atomic E-state index is 0.0897. The molecule has 2 N–H and O–H groups in total. The Balaban J connectivity index is 4.72. The lowest BCUT2D eigenvalue weighted by molar-refractivity contribution is -0.127. The van der Waals surface area contributed by atoms with Crippen LogP contribution in [0.5, 0.6) is 0 Å². The monoisotopic (exact) mass is 264 g/mol. The number of halogens is 3. The first-order valence-electron chi connectivity index (χ1n) is 5.42. The Morgan fingerprint density at radius 2 is 2.06 bits per heavy atom. The van der Waals surface area contributed by atoms with E-state index in [4.69, 9.17) is 10.4 Å². The third-order valence-corrected chi connectivity index (χ3v) is 2.24. The van der Waals surface area contributed by atoms with Gasteiger partial charge in [0.05, 0.1) is 0 Å². The fraction of sp³-hybridized carbons (Fsp3) is 0.636. The van der Waals surface area contributed by atoms with Crippen molar-refractivity contribution in [2.24, 2.45) is 5.92 Å². The Bertz CT molecular complexity index is 369. The molecule has 4 nitrogen and oxygen atoms in total. The molecule has 0 bridgehead atoms. The van der Waals surface area contributed by atoms with E-state index in [1.165, 1.54) is 0 Å². The van der Waals surface area contributed by atoms with Crippen LogP contribution in [0.2, 0.25) is 0 Å². The van der Waals surface area contributed by atoms with E-state index in [1.54, 1.807) is 0 Å². The van der Waals surface area contributed by atoms with Gasteiger partial charge >= 0.3 is 6.18 Å². The molecule has 18 heavy (non-hydrogen) atoms. The highest BCUT2D eigenvalue weighted by atomic mass is 19.4. The summed E-state index contributed by atoms with van der Waals surface area (Å²) in [5.74, 6) is -3.28. The predicted octanol–water partition coefficient (Wildman–Crippen LogP) is 2.44. The predicted molar refractivity (Wildman–Crippen MR) is 58.4 cm³/mol. The summed E-state index contributed by atoms with van der Waals surface area (Å²) in [6.45, 7) is 3.92. The Hall–Kier alpha value is -1.71. The summed E-state index contributed by atoms with van der Waals surface area (Å²) in [4.78, 5) is 11.3. The fourth-order valence-corrected chi connectivity index (χ4v) is 1.30. The van der Waals surface area contributed by atoms with Crippen LogP contribution >= 0.6 is 0 Å². The lowest BCUT2D eigenvalue weighted by Crippen LogP contribution is -2.31. The molecule has 0 aromatic heterocycles. The van der Waals surface area contributed by atoms with Crippen LogP contribution < -0.4 is 5.32 Å². The molecule has 1 atom stereocenters. The zero-order chi connectivity index (χ0) is 14.3. The van der Waals surface area contributed by atoms with Gasteiger partial charge in [-0.25, -0.2) is 0 Å². The van der Waals surface area contributed by atoms with Crippen molar-refractivity contribution in [2.45, 2.75) is 32.9 Å². The zero-order valence-electron chi connectivity index (χ0n) is 10.1. The zero-order valence-corrected chi connectivity index (χ0v) is 10.1. The summed E-state index contributed by atoms with van der Waals surface area (Å²) in [5.41, 5.74) is -1.31. The number of nitrogens with one attached hydrogen (secondary N) is 1. The molecule has 0 saturated carbocycles. The van der Waals surface area contributed by atoms with Crippen molar-refractivity contribution in [3.8, 4) is 6.07 Å². The van der Waals surface area contributed by atoms with Gasteiger partial charge in [-0.15, -0.1) is 0 Å². The van der Waals surface area contributed by atoms with Crippen LogP contribution in [0, 0.1) is 17.2 Å². The number of allylic oxidation sites excluding steroid dienone is 1. The van der Waals surface area contributed by atoms with Crippen LogP contribution in [-0.4, -0.2) is 23.7 Å². The molecule has 0 aliphatic carbocycles. The summed E-state index contributed by atoms with van der Waals surface area (Å²) < 4.78 is 36.4. The summed E-state index contributed by atoms with van der Waals surface area (Å²) in [7, 11) is 0. The molecule has 102 valence electrons. The molecule has 0 aromatic rings. The largest absolute Gasteiger partial charge is 0.503 e. The highest BCUT2D eigenvalue weighted by Crippen LogP contribution is 2.25. The number of rotatable bonds is 5. The topological polar surface area (TPSA) is 73.1 Å². The second-order valence-electron chi connectivity index (χ2n) is 3.94. The number of hydrogen-bond donors (Lipinski definition) is 2. The molecule has 0 spiro atoms. The van der Waals surface area contributed by atoms with Gasteiger partial charge < -0.3 is 10.4 Å². The Morgan fingerprint density at radius 1 is 1.50 bits per heavy atom. The molecule has 7 heteroatoms. The van der Waals surface area contributed by atoms with Crippen molar-refractivity contribution in [1.29, 1.82) is 5.26 Å². The highest BCUT2D eigenvalue weighted by Gasteiger charge is 2.38. The van der Waals surface area contributed by atoms with Crippen molar-refractivity contribution >= 4 is 5.91 Å². The second kappa shape index (κ2) is 6.89. The number of hydrogen-bond acceptors (Lipinski definition) is 3. The SMILES string of the molecule is CCCC(C)CNC(=O)/C(C#N)=C(/O)C(F)(F)F. The van der Waals surface area contributed by atoms with Gasteiger partial charge in [0.2, 0.25) is 5.76 Å². The van der Waals surface area contributed by atoms with Crippen LogP contribution in [0.15, 0.2) is 11.3 Å². The molecule has 0 aliphatic rings. The standard InChI is InChI=1S/C11H15F3N2O2/c1-3-4-7(2)6-16-10(18)8(5-15)9(17)11(12,13)14/h7,17H,3-4,6H2,1-2H3,(H,16,18)/b9-8+. The average molecular weight is 264 g/mol. The van der Waals surface area contributed by atoms with Gasteiger partial charge in [0.15, 0.2) is 5.57 Å². The van der Waals surface area contributed by atoms with Crippen molar-refractivity contribution in [3.05, 3.63) is 11.3 Å². The molecule has 0 radical (unpaired) electrons. The van der Waals surface area contributed by atoms with E-state index < -0.39 is 23.4 Å². The maximum atomic E-state index is 12.1. The highest BCUT2D eigenvalue weighted by molar-refractivity contribution is 5.97. The lowest BCUT2D eigenvalue weighted by Gasteiger charge is -2.12. The summed E-state index contributed by atoms with van der Waals surface area (Å²) in [5, 5.41) is 19.4. The molecule has 1 amide bonds. The normalized spacial score (nSPS) is 14.4. The van der Waals surface area contributed by atoms with E-state index in [0.717, 1.165) is 18.9 Å². The van der Waals surface area contributed by atoms with Gasteiger partial charge in [-0.05, 0) is 12.3 Å². The number of alkyl halides is 3. The molecule has 0 heterocycles. The van der Waals surface area contributed by atoms with Gasteiger partial charge in [-0.1, -0.05) is 20.3 Å². The first-order chi connectivity index (χ1) is 8.23. The van der Waals surface area contributed by atoms with Crippen LogP contribution in [0.3, 0.4) is 0 Å². The number of nitriles is 1. The molecule has 0 aliphatic heterocycles. The van der Waals surface area contributed by atoms with Gasteiger partial charge in [-0.3, -0.25) is 4.79 Å². The Labute approximate surface area is 103 Å². The van der Waals surface area contributed by atoms with Crippen LogP contribution in [0.4, 0.5) is 13.2 Å². The van der Waals surface area contributed by atoms with Crippen molar-refractivity contribution in [1.82, 2.24) is 5.32 Å². The number of nitrogens with zero attached hydrogens (tertiary/aromatic N) is 1. The van der Waals surface area contributed by atoms with Gasteiger partial charge in [-0.2, -0.15) is 18.4 Å². The smallest absolute Gasteiger partial charge is 0.450 e. The Kier molecular flexibility index (Phi) is 6.23. The number of carbonyl (C=O) groups is 1. The third kappa shape index (κ3) is 5.08. The van der Waals surface area contributed by atoms with Crippen molar-refractivity contribution in [2.75, 3.05) is 6.54 Å². The number of aliphatic hydroxyl groups excluding tert-OH is 1. The summed E-state index contributed by atoms with van der Waals surface area (Å²) >= 11 is 0. The first-order valence-corrected chi connectivity index (χ1v) is 5.42. The van der Waals surface area contributed by atoms with Gasteiger partial charge in [0.1, 0.15) is 6.07 Å². The summed E-state index contributed by atoms with van der Waals surface area (Å²) in [6.07, 6.45) is -3.42. The minimum Gasteiger partial charge on any atom is -0.503 e. The van der Waals surface area contributed by atoms with E-state index in [2.05, 4.69) is 5.32 Å². The quantitative estimate of drug-likeness (QED) is 0.455. The molecule has 1 unspecified atom stereocenters. The van der Waals surface area contributed by atoms with Crippen LogP contribution in [0.25, 0.3) is 0 Å². The Morgan fingerprint density at radius 3 is 2.44 bits per heavy atom. The fourth-order valence-electron chi connectivity index (χ4n) is 1.30. The van der Waals surface area contributed by atoms with Crippen LogP contribution in [-0.2, 0) is 4.79 Å². The molecule has 0 fully saturated rings. The van der Waals surface area contributed by atoms with E-state index in [9.17, 15) is 18.0 Å². The molecule has 0 rings (SSSR count). The first kappa shape index (κ1) is 16.3. The number of carbonyl (C=O) groups excluding carboxylic acids is 1. The molecule has 0 aromatic carbocycles. The van der Waals surface area contributed by atoms with Crippen LogP contribution in [0.1, 0.15) is 26.7 Å². The van der Waals surface area contributed by atoms with Gasteiger partial charge in [0.25, 0.3) is 5.91 Å². The average Bonchev–Trinajstić information content (AvgIpc) is 2.26. The van der Waals surface area contributed by atoms with E-state index in [1.807, 2.05) is 13.8 Å². The summed E-state index contributed by atoms with van der Waals surface area (Å²) in [6, 6.07) is 1.06. The van der Waals surface area contributed by atoms with Crippen molar-refractivity contribution in [3.63, 3.8) is 0 Å². The van der Waals surface area contributed by atoms with Crippen molar-refractivity contribution < 1.29 is 23.1 Å². The maximum Gasteiger partial charge on any atom is 0.450 e. The maximum absolute atomic E-state index is 12.1.